The Morgan fingerprint density at radius 1 is 1.24 bits per heavy atom. The SMILES string of the molecule is CCCCC[C@@H](C(=O)O)[C@@H](CC)NOCc1ccccc1. The number of carbonyl (C=O) groups is 1. The van der Waals surface area contributed by atoms with Gasteiger partial charge in [-0.1, -0.05) is 63.4 Å². The second-order valence-corrected chi connectivity index (χ2v) is 5.35. The number of unbranched alkanes of at least 4 members (excludes halogenated alkanes) is 2. The molecule has 0 unspecified atom stereocenters. The van der Waals surface area contributed by atoms with Crippen molar-refractivity contribution in [3.05, 3.63) is 35.9 Å². The van der Waals surface area contributed by atoms with Gasteiger partial charge in [-0.2, -0.15) is 5.48 Å². The van der Waals surface area contributed by atoms with E-state index in [0.29, 0.717) is 13.0 Å². The molecule has 0 saturated carbocycles. The quantitative estimate of drug-likeness (QED) is 0.481. The van der Waals surface area contributed by atoms with Crippen molar-refractivity contribution >= 4 is 5.97 Å². The van der Waals surface area contributed by atoms with Crippen LogP contribution in [0.1, 0.15) is 51.5 Å². The maximum atomic E-state index is 11.4. The van der Waals surface area contributed by atoms with Crippen LogP contribution in [0.5, 0.6) is 0 Å². The molecule has 118 valence electrons. The molecule has 1 aromatic rings. The van der Waals surface area contributed by atoms with Crippen molar-refractivity contribution in [2.24, 2.45) is 5.92 Å². The molecule has 0 amide bonds. The first kappa shape index (κ1) is 17.7. The summed E-state index contributed by atoms with van der Waals surface area (Å²) in [5.41, 5.74) is 4.01. The molecule has 0 bridgehead atoms. The average molecular weight is 293 g/mol. The van der Waals surface area contributed by atoms with E-state index in [2.05, 4.69) is 12.4 Å². The van der Waals surface area contributed by atoms with Crippen LogP contribution in [-0.2, 0) is 16.2 Å². The summed E-state index contributed by atoms with van der Waals surface area (Å²) in [6.45, 7) is 4.55. The summed E-state index contributed by atoms with van der Waals surface area (Å²) in [4.78, 5) is 16.9. The lowest BCUT2D eigenvalue weighted by Crippen LogP contribution is -2.39. The zero-order chi connectivity index (χ0) is 15.5. The van der Waals surface area contributed by atoms with Gasteiger partial charge in [-0.15, -0.1) is 0 Å². The van der Waals surface area contributed by atoms with Gasteiger partial charge in [0.15, 0.2) is 0 Å². The number of hydrogen-bond donors (Lipinski definition) is 2. The Bertz CT molecular complexity index is 394. The predicted octanol–water partition coefficient (Wildman–Crippen LogP) is 3.77. The highest BCUT2D eigenvalue weighted by atomic mass is 16.6. The summed E-state index contributed by atoms with van der Waals surface area (Å²) in [6.07, 6.45) is 4.55. The molecule has 0 aliphatic carbocycles. The van der Waals surface area contributed by atoms with Crippen molar-refractivity contribution in [3.8, 4) is 0 Å². The van der Waals surface area contributed by atoms with Crippen LogP contribution in [0.25, 0.3) is 0 Å². The number of hydroxylamine groups is 1. The van der Waals surface area contributed by atoms with Gasteiger partial charge in [0.05, 0.1) is 12.5 Å². The lowest BCUT2D eigenvalue weighted by atomic mass is 9.92. The van der Waals surface area contributed by atoms with Gasteiger partial charge in [0, 0.05) is 6.04 Å². The first-order valence-electron chi connectivity index (χ1n) is 7.83. The molecule has 0 radical (unpaired) electrons. The lowest BCUT2D eigenvalue weighted by molar-refractivity contribution is -0.145. The van der Waals surface area contributed by atoms with Gasteiger partial charge < -0.3 is 5.11 Å². The van der Waals surface area contributed by atoms with Crippen LogP contribution in [0, 0.1) is 5.92 Å². The molecule has 2 N–H and O–H groups in total. The summed E-state index contributed by atoms with van der Waals surface area (Å²) in [5.74, 6) is -1.13. The maximum Gasteiger partial charge on any atom is 0.308 e. The number of carboxylic acids is 1. The Hall–Kier alpha value is -1.39. The molecule has 0 aromatic heterocycles. The molecule has 0 aliphatic rings. The van der Waals surface area contributed by atoms with Gasteiger partial charge in [0.25, 0.3) is 0 Å². The van der Waals surface area contributed by atoms with Crippen molar-refractivity contribution in [2.45, 2.75) is 58.6 Å². The van der Waals surface area contributed by atoms with E-state index in [1.54, 1.807) is 0 Å². The van der Waals surface area contributed by atoms with E-state index >= 15 is 0 Å². The van der Waals surface area contributed by atoms with Crippen molar-refractivity contribution in [1.82, 2.24) is 5.48 Å². The lowest BCUT2D eigenvalue weighted by Gasteiger charge is -2.23. The zero-order valence-corrected chi connectivity index (χ0v) is 13.0. The fourth-order valence-corrected chi connectivity index (χ4v) is 2.37. The number of benzene rings is 1. The highest BCUT2D eigenvalue weighted by Gasteiger charge is 2.26. The van der Waals surface area contributed by atoms with Crippen LogP contribution in [0.4, 0.5) is 0 Å². The molecule has 1 rings (SSSR count). The summed E-state index contributed by atoms with van der Waals surface area (Å²) in [7, 11) is 0. The van der Waals surface area contributed by atoms with E-state index in [1.807, 2.05) is 37.3 Å². The molecule has 0 aliphatic heterocycles. The number of aliphatic carboxylic acids is 1. The van der Waals surface area contributed by atoms with Crippen LogP contribution in [0.2, 0.25) is 0 Å². The van der Waals surface area contributed by atoms with E-state index in [9.17, 15) is 9.90 Å². The summed E-state index contributed by atoms with van der Waals surface area (Å²) < 4.78 is 0. The Morgan fingerprint density at radius 2 is 1.95 bits per heavy atom. The van der Waals surface area contributed by atoms with Crippen molar-refractivity contribution in [1.29, 1.82) is 0 Å². The standard InChI is InChI=1S/C17H27NO3/c1-3-5-7-12-15(17(19)20)16(4-2)18-21-13-14-10-8-6-9-11-14/h6,8-11,15-16,18H,3-5,7,12-13H2,1-2H3,(H,19,20)/t15-,16-/m1/s1. The molecule has 21 heavy (non-hydrogen) atoms. The topological polar surface area (TPSA) is 58.6 Å². The predicted molar refractivity (Wildman–Crippen MR) is 83.7 cm³/mol. The minimum absolute atomic E-state index is 0.150. The first-order valence-corrected chi connectivity index (χ1v) is 7.83. The Balaban J connectivity index is 2.44. The van der Waals surface area contributed by atoms with Gasteiger partial charge in [0.2, 0.25) is 0 Å². The number of hydrogen-bond acceptors (Lipinski definition) is 3. The van der Waals surface area contributed by atoms with E-state index in [1.165, 1.54) is 0 Å². The molecule has 0 heterocycles. The van der Waals surface area contributed by atoms with Crippen LogP contribution in [0.3, 0.4) is 0 Å². The molecule has 0 spiro atoms. The Labute approximate surface area is 127 Å². The van der Waals surface area contributed by atoms with Crippen LogP contribution < -0.4 is 5.48 Å². The Kier molecular flexibility index (Phi) is 8.71. The molecule has 0 saturated heterocycles. The van der Waals surface area contributed by atoms with E-state index in [0.717, 1.165) is 31.2 Å². The van der Waals surface area contributed by atoms with E-state index in [4.69, 9.17) is 4.84 Å². The highest BCUT2D eigenvalue weighted by molar-refractivity contribution is 5.70. The molecular weight excluding hydrogens is 266 g/mol. The monoisotopic (exact) mass is 293 g/mol. The smallest absolute Gasteiger partial charge is 0.308 e. The third-order valence-electron chi connectivity index (χ3n) is 3.68. The van der Waals surface area contributed by atoms with Gasteiger partial charge in [-0.3, -0.25) is 9.63 Å². The second-order valence-electron chi connectivity index (χ2n) is 5.35. The van der Waals surface area contributed by atoms with Crippen molar-refractivity contribution in [2.75, 3.05) is 0 Å². The highest BCUT2D eigenvalue weighted by Crippen LogP contribution is 2.17. The Morgan fingerprint density at radius 3 is 2.52 bits per heavy atom. The third kappa shape index (κ3) is 6.74. The van der Waals surface area contributed by atoms with Gasteiger partial charge in [-0.25, -0.2) is 0 Å². The fraction of sp³-hybridized carbons (Fsp3) is 0.588. The molecular formula is C17H27NO3. The molecule has 2 atom stereocenters. The normalized spacial score (nSPS) is 13.8. The van der Waals surface area contributed by atoms with E-state index in [-0.39, 0.29) is 6.04 Å². The first-order chi connectivity index (χ1) is 10.2. The van der Waals surface area contributed by atoms with Gasteiger partial charge in [0.1, 0.15) is 0 Å². The number of nitrogens with one attached hydrogen (secondary N) is 1. The molecule has 0 fully saturated rings. The number of rotatable bonds is 11. The van der Waals surface area contributed by atoms with E-state index < -0.39 is 11.9 Å². The molecule has 4 nitrogen and oxygen atoms in total. The average Bonchev–Trinajstić information content (AvgIpc) is 2.50. The minimum Gasteiger partial charge on any atom is -0.481 e. The fourth-order valence-electron chi connectivity index (χ4n) is 2.37. The zero-order valence-electron chi connectivity index (χ0n) is 13.0. The summed E-state index contributed by atoms with van der Waals surface area (Å²) >= 11 is 0. The largest absolute Gasteiger partial charge is 0.481 e. The van der Waals surface area contributed by atoms with Crippen LogP contribution in [-0.4, -0.2) is 17.1 Å². The second kappa shape index (κ2) is 10.4. The molecule has 4 heteroatoms. The van der Waals surface area contributed by atoms with Crippen LogP contribution >= 0.6 is 0 Å². The maximum absolute atomic E-state index is 11.4. The summed E-state index contributed by atoms with van der Waals surface area (Å²) in [6, 6.07) is 9.70. The van der Waals surface area contributed by atoms with Crippen molar-refractivity contribution in [3.63, 3.8) is 0 Å². The minimum atomic E-state index is -0.742. The van der Waals surface area contributed by atoms with Gasteiger partial charge in [-0.05, 0) is 18.4 Å². The van der Waals surface area contributed by atoms with Gasteiger partial charge >= 0.3 is 5.97 Å². The number of carboxylic acid groups (broad SMARTS) is 1. The summed E-state index contributed by atoms with van der Waals surface area (Å²) in [5, 5.41) is 9.39. The molecule has 1 aromatic carbocycles. The third-order valence-corrected chi connectivity index (χ3v) is 3.68. The van der Waals surface area contributed by atoms with Crippen LogP contribution in [0.15, 0.2) is 30.3 Å². The van der Waals surface area contributed by atoms with Crippen molar-refractivity contribution < 1.29 is 14.7 Å².